The lowest BCUT2D eigenvalue weighted by atomic mass is 10.2. The van der Waals surface area contributed by atoms with E-state index in [4.69, 9.17) is 11.6 Å². The van der Waals surface area contributed by atoms with Gasteiger partial charge in [0.1, 0.15) is 0 Å². The molecule has 0 bridgehead atoms. The lowest BCUT2D eigenvalue weighted by Crippen LogP contribution is -2.56. The topological polar surface area (TPSA) is 53.5 Å². The molecule has 1 aromatic heterocycles. The molecule has 1 aliphatic rings. The molecule has 2 amide bonds. The molecule has 0 saturated carbocycles. The molecular weight excluding hydrogens is 310 g/mol. The third kappa shape index (κ3) is 3.95. The lowest BCUT2D eigenvalue weighted by molar-refractivity contribution is -0.157. The molecule has 0 N–H and O–H groups in total. The fraction of sp³-hybridized carbons (Fsp3) is 0.643. The van der Waals surface area contributed by atoms with Gasteiger partial charge in [-0.25, -0.2) is 4.98 Å². The van der Waals surface area contributed by atoms with E-state index in [0.29, 0.717) is 25.5 Å². The molecule has 2 rings (SSSR count). The van der Waals surface area contributed by atoms with Crippen LogP contribution in [0.2, 0.25) is 0 Å². The Labute approximate surface area is 133 Å². The average molecular weight is 330 g/mol. The highest BCUT2D eigenvalue weighted by molar-refractivity contribution is 7.09. The smallest absolute Gasteiger partial charge is 0.312 e. The molecule has 21 heavy (non-hydrogen) atoms. The summed E-state index contributed by atoms with van der Waals surface area (Å²) < 4.78 is 0. The van der Waals surface area contributed by atoms with Gasteiger partial charge in [-0.05, 0) is 20.3 Å². The normalized spacial score (nSPS) is 16.2. The molecule has 0 atom stereocenters. The van der Waals surface area contributed by atoms with Crippen molar-refractivity contribution < 1.29 is 9.59 Å². The number of halogens is 1. The molecule has 0 aliphatic carbocycles. The van der Waals surface area contributed by atoms with Crippen LogP contribution in [-0.4, -0.2) is 52.3 Å². The minimum atomic E-state index is -0.380. The maximum Gasteiger partial charge on any atom is 0.312 e. The van der Waals surface area contributed by atoms with Crippen molar-refractivity contribution in [1.82, 2.24) is 14.8 Å². The summed E-state index contributed by atoms with van der Waals surface area (Å²) in [5.74, 6) is -0.328. The molecule has 5 nitrogen and oxygen atoms in total. The summed E-state index contributed by atoms with van der Waals surface area (Å²) in [7, 11) is 0. The van der Waals surface area contributed by atoms with Gasteiger partial charge in [-0.2, -0.15) is 0 Å². The van der Waals surface area contributed by atoms with Gasteiger partial charge in [-0.15, -0.1) is 22.9 Å². The summed E-state index contributed by atoms with van der Waals surface area (Å²) in [5, 5.41) is 2.99. The number of thiazole rings is 1. The van der Waals surface area contributed by atoms with Crippen LogP contribution >= 0.6 is 22.9 Å². The van der Waals surface area contributed by atoms with E-state index in [9.17, 15) is 9.59 Å². The summed E-state index contributed by atoms with van der Waals surface area (Å²) in [4.78, 5) is 31.7. The van der Waals surface area contributed by atoms with E-state index >= 15 is 0 Å². The Morgan fingerprint density at radius 1 is 1.33 bits per heavy atom. The van der Waals surface area contributed by atoms with Crippen molar-refractivity contribution in [3.63, 3.8) is 0 Å². The summed E-state index contributed by atoms with van der Waals surface area (Å²) in [6, 6.07) is 0.0768. The van der Waals surface area contributed by atoms with Gasteiger partial charge < -0.3 is 9.80 Å². The molecule has 0 unspecified atom stereocenters. The number of piperazine rings is 1. The van der Waals surface area contributed by atoms with Crippen molar-refractivity contribution in [2.75, 3.05) is 19.6 Å². The Morgan fingerprint density at radius 3 is 2.71 bits per heavy atom. The summed E-state index contributed by atoms with van der Waals surface area (Å²) in [6.07, 6.45) is 1.63. The Morgan fingerprint density at radius 2 is 2.10 bits per heavy atom. The predicted molar refractivity (Wildman–Crippen MR) is 83.4 cm³/mol. The largest absolute Gasteiger partial charge is 0.333 e. The molecule has 1 aromatic rings. The second-order valence-electron chi connectivity index (χ2n) is 5.35. The Balaban J connectivity index is 1.81. The second kappa shape index (κ2) is 7.22. The highest BCUT2D eigenvalue weighted by atomic mass is 35.5. The van der Waals surface area contributed by atoms with E-state index < -0.39 is 0 Å². The van der Waals surface area contributed by atoms with E-state index in [1.54, 1.807) is 21.1 Å². The Kier molecular flexibility index (Phi) is 5.58. The highest BCUT2D eigenvalue weighted by Gasteiger charge is 2.33. The average Bonchev–Trinajstić information content (AvgIpc) is 2.91. The molecule has 0 radical (unpaired) electrons. The van der Waals surface area contributed by atoms with Crippen LogP contribution < -0.4 is 0 Å². The first-order valence-corrected chi connectivity index (χ1v) is 8.53. The van der Waals surface area contributed by atoms with E-state index in [1.165, 1.54) is 0 Å². The molecule has 1 saturated heterocycles. The molecule has 7 heteroatoms. The molecule has 0 spiro atoms. The van der Waals surface area contributed by atoms with Crippen LogP contribution in [0.1, 0.15) is 31.0 Å². The fourth-order valence-electron chi connectivity index (χ4n) is 2.34. The third-order valence-corrected chi connectivity index (χ3v) is 4.75. The number of alkyl halides is 1. The SMILES string of the molecule is CC(C)N1CCN(CCCc2nc(CCl)cs2)C(=O)C1=O. The molecule has 1 aliphatic heterocycles. The number of carbonyl (C=O) groups is 2. The van der Waals surface area contributed by atoms with Crippen molar-refractivity contribution in [2.24, 2.45) is 0 Å². The van der Waals surface area contributed by atoms with Crippen LogP contribution in [0, 0.1) is 0 Å². The maximum atomic E-state index is 12.0. The zero-order chi connectivity index (χ0) is 15.4. The predicted octanol–water partition coefficient (Wildman–Crippen LogP) is 1.89. The number of hydrogen-bond acceptors (Lipinski definition) is 4. The van der Waals surface area contributed by atoms with Crippen molar-refractivity contribution in [1.29, 1.82) is 0 Å². The van der Waals surface area contributed by atoms with Crippen LogP contribution in [0.3, 0.4) is 0 Å². The van der Waals surface area contributed by atoms with E-state index in [-0.39, 0.29) is 17.9 Å². The van der Waals surface area contributed by atoms with E-state index in [0.717, 1.165) is 23.5 Å². The fourth-order valence-corrected chi connectivity index (χ4v) is 3.41. The highest BCUT2D eigenvalue weighted by Crippen LogP contribution is 2.15. The molecule has 116 valence electrons. The summed E-state index contributed by atoms with van der Waals surface area (Å²) >= 11 is 7.31. The maximum absolute atomic E-state index is 12.0. The molecule has 0 aromatic carbocycles. The van der Waals surface area contributed by atoms with Gasteiger partial charge in [0.15, 0.2) is 0 Å². The number of rotatable bonds is 6. The van der Waals surface area contributed by atoms with Gasteiger partial charge in [-0.1, -0.05) is 0 Å². The molecular formula is C14H20ClN3O2S. The second-order valence-corrected chi connectivity index (χ2v) is 6.56. The van der Waals surface area contributed by atoms with Crippen molar-refractivity contribution >= 4 is 34.8 Å². The van der Waals surface area contributed by atoms with Crippen LogP contribution in [-0.2, 0) is 21.9 Å². The van der Waals surface area contributed by atoms with Crippen LogP contribution in [0.25, 0.3) is 0 Å². The van der Waals surface area contributed by atoms with Crippen LogP contribution in [0.15, 0.2) is 5.38 Å². The monoisotopic (exact) mass is 329 g/mol. The summed E-state index contributed by atoms with van der Waals surface area (Å²) in [6.45, 7) is 5.70. The quantitative estimate of drug-likeness (QED) is 0.591. The summed E-state index contributed by atoms with van der Waals surface area (Å²) in [5.41, 5.74) is 0.897. The Bertz CT molecular complexity index is 518. The van der Waals surface area contributed by atoms with Crippen molar-refractivity contribution in [3.05, 3.63) is 16.1 Å². The standard InChI is InChI=1S/C14H20ClN3O2S/c1-10(2)18-7-6-17(13(19)14(18)20)5-3-4-12-16-11(8-15)9-21-12/h9-10H,3-8H2,1-2H3. The van der Waals surface area contributed by atoms with Gasteiger partial charge in [-0.3, -0.25) is 9.59 Å². The van der Waals surface area contributed by atoms with Crippen LogP contribution in [0.5, 0.6) is 0 Å². The minimum Gasteiger partial charge on any atom is -0.333 e. The van der Waals surface area contributed by atoms with Gasteiger partial charge in [0.2, 0.25) is 0 Å². The van der Waals surface area contributed by atoms with Gasteiger partial charge in [0, 0.05) is 37.5 Å². The van der Waals surface area contributed by atoms with Gasteiger partial charge in [0.25, 0.3) is 0 Å². The first kappa shape index (κ1) is 16.2. The van der Waals surface area contributed by atoms with E-state index in [2.05, 4.69) is 4.98 Å². The molecule has 2 heterocycles. The van der Waals surface area contributed by atoms with Crippen molar-refractivity contribution in [2.45, 2.75) is 38.6 Å². The van der Waals surface area contributed by atoms with E-state index in [1.807, 2.05) is 19.2 Å². The minimum absolute atomic E-state index is 0.0768. The zero-order valence-electron chi connectivity index (χ0n) is 12.3. The first-order chi connectivity index (χ1) is 10.0. The van der Waals surface area contributed by atoms with Crippen LogP contribution in [0.4, 0.5) is 0 Å². The zero-order valence-corrected chi connectivity index (χ0v) is 13.9. The van der Waals surface area contributed by atoms with Crippen molar-refractivity contribution in [3.8, 4) is 0 Å². The lowest BCUT2D eigenvalue weighted by Gasteiger charge is -2.36. The number of hydrogen-bond donors (Lipinski definition) is 0. The number of aromatic nitrogens is 1. The van der Waals surface area contributed by atoms with Gasteiger partial charge in [0.05, 0.1) is 16.6 Å². The Hall–Kier alpha value is -1.14. The van der Waals surface area contributed by atoms with Gasteiger partial charge >= 0.3 is 11.8 Å². The number of carbonyl (C=O) groups excluding carboxylic acids is 2. The third-order valence-electron chi connectivity index (χ3n) is 3.52. The molecule has 1 fully saturated rings. The first-order valence-electron chi connectivity index (χ1n) is 7.12. The number of amides is 2. The number of aryl methyl sites for hydroxylation is 1. The number of nitrogens with zero attached hydrogens (tertiary/aromatic N) is 3.